The minimum Gasteiger partial charge on any atom is -0.237 e. The minimum atomic E-state index is -5.54. The molecule has 0 N–H and O–H groups in total. The summed E-state index contributed by atoms with van der Waals surface area (Å²) < 4.78 is 91.6. The predicted octanol–water partition coefficient (Wildman–Crippen LogP) is 3.34. The Morgan fingerprint density at radius 2 is 1.38 bits per heavy atom. The topological polar surface area (TPSA) is 0 Å². The van der Waals surface area contributed by atoms with E-state index >= 15 is 0 Å². The lowest BCUT2D eigenvalue weighted by atomic mass is 10.1. The number of hydrogen-bond donors (Lipinski definition) is 0. The van der Waals surface area contributed by atoms with E-state index in [4.69, 9.17) is 0 Å². The summed E-state index contributed by atoms with van der Waals surface area (Å²) in [5, 5.41) is 0. The summed E-state index contributed by atoms with van der Waals surface area (Å²) in [6, 6.07) is 0. The van der Waals surface area contributed by atoms with E-state index in [2.05, 4.69) is 0 Å². The minimum absolute atomic E-state index is 2.58. The van der Waals surface area contributed by atoms with E-state index in [9.17, 15) is 35.1 Å². The van der Waals surface area contributed by atoms with Crippen molar-refractivity contribution in [2.45, 2.75) is 24.7 Å². The normalized spacial score (nSPS) is 16.4. The summed E-state index contributed by atoms with van der Waals surface area (Å²) in [7, 11) is 0. The number of halogens is 8. The Hall–Kier alpha value is -0.560. The summed E-state index contributed by atoms with van der Waals surface area (Å²) in [6.45, 7) is 0. The van der Waals surface area contributed by atoms with E-state index in [-0.39, 0.29) is 0 Å². The van der Waals surface area contributed by atoms with E-state index in [1.54, 1.807) is 0 Å². The fraction of sp³-hybridized carbons (Fsp3) is 0.800. The van der Waals surface area contributed by atoms with Crippen LogP contribution < -0.4 is 0 Å². The molecule has 0 nitrogen and oxygen atoms in total. The van der Waals surface area contributed by atoms with Gasteiger partial charge in [0.25, 0.3) is 0 Å². The Bertz CT molecular complexity index is 158. The lowest BCUT2D eigenvalue weighted by Crippen LogP contribution is -2.33. The van der Waals surface area contributed by atoms with Gasteiger partial charge in [-0.25, -0.2) is 4.39 Å². The molecule has 0 aliphatic rings. The molecule has 79 valence electrons. The molecular weight excluding hydrogens is 212 g/mol. The Kier molecular flexibility index (Phi) is 3.51. The van der Waals surface area contributed by atoms with Crippen LogP contribution in [0.15, 0.2) is 0 Å². The van der Waals surface area contributed by atoms with Gasteiger partial charge in [0.05, 0.1) is 6.42 Å². The number of alkyl halides is 6. The summed E-state index contributed by atoms with van der Waals surface area (Å²) >= 11 is 0. The zero-order chi connectivity index (χ0) is 10.9. The molecule has 0 saturated carbocycles. The molecule has 0 bridgehead atoms. The maximum Gasteiger partial charge on any atom is 0.419 e. The molecule has 1 atom stereocenters. The van der Waals surface area contributed by atoms with Crippen LogP contribution in [0.3, 0.4) is 0 Å². The Morgan fingerprint density at radius 3 is 1.62 bits per heavy atom. The van der Waals surface area contributed by atoms with Gasteiger partial charge in [-0.05, 0) is 0 Å². The lowest BCUT2D eigenvalue weighted by molar-refractivity contribution is -0.203. The first-order valence-electron chi connectivity index (χ1n) is 2.84. The first-order chi connectivity index (χ1) is 5.57. The third kappa shape index (κ3) is 3.77. The molecule has 0 aromatic heterocycles. The monoisotopic (exact) mass is 215 g/mol. The molecule has 1 unspecified atom stereocenters. The van der Waals surface area contributed by atoms with Crippen molar-refractivity contribution in [1.82, 2.24) is 0 Å². The Balaban J connectivity index is 4.28. The molecule has 0 aliphatic carbocycles. The van der Waals surface area contributed by atoms with Crippen LogP contribution in [0, 0.1) is 6.43 Å². The number of hydrogen-bond acceptors (Lipinski definition) is 0. The lowest BCUT2D eigenvalue weighted by Gasteiger charge is -2.18. The fourth-order valence-electron chi connectivity index (χ4n) is 0.418. The molecule has 8 heteroatoms. The van der Waals surface area contributed by atoms with Crippen molar-refractivity contribution in [1.29, 1.82) is 0 Å². The fourth-order valence-corrected chi connectivity index (χ4v) is 0.418. The summed E-state index contributed by atoms with van der Waals surface area (Å²) in [6.07, 6.45) is -15.6. The average molecular weight is 215 g/mol. The van der Waals surface area contributed by atoms with E-state index in [1.165, 1.54) is 0 Å². The summed E-state index contributed by atoms with van der Waals surface area (Å²) in [5.74, 6) is -5.03. The molecule has 0 aliphatic heterocycles. The van der Waals surface area contributed by atoms with E-state index < -0.39 is 31.1 Å². The molecular formula is C5H3F8. The SMILES string of the molecule is F[C](F)C(F)(F)CC(F)C(F)(F)F. The quantitative estimate of drug-likeness (QED) is 0.633. The first kappa shape index (κ1) is 12.4. The molecule has 0 amide bonds. The highest BCUT2D eigenvalue weighted by Gasteiger charge is 2.52. The Morgan fingerprint density at radius 1 is 1.00 bits per heavy atom. The van der Waals surface area contributed by atoms with Gasteiger partial charge >= 0.3 is 18.5 Å². The van der Waals surface area contributed by atoms with E-state index in [1.807, 2.05) is 0 Å². The molecule has 0 spiro atoms. The van der Waals surface area contributed by atoms with Crippen LogP contribution >= 0.6 is 0 Å². The number of rotatable bonds is 3. The molecule has 0 heterocycles. The van der Waals surface area contributed by atoms with Crippen LogP contribution in [0.5, 0.6) is 0 Å². The zero-order valence-electron chi connectivity index (χ0n) is 5.81. The Labute approximate surface area is 67.5 Å². The van der Waals surface area contributed by atoms with Crippen molar-refractivity contribution in [2.24, 2.45) is 0 Å². The third-order valence-electron chi connectivity index (χ3n) is 1.07. The van der Waals surface area contributed by atoms with Gasteiger partial charge in [-0.2, -0.15) is 30.7 Å². The maximum atomic E-state index is 11.8. The first-order valence-corrected chi connectivity index (χ1v) is 2.84. The van der Waals surface area contributed by atoms with Gasteiger partial charge in [-0.15, -0.1) is 0 Å². The maximum absolute atomic E-state index is 11.8. The van der Waals surface area contributed by atoms with Crippen LogP contribution in [0.2, 0.25) is 0 Å². The standard InChI is InChI=1S/C5H3F8/c6-2(5(11,12)13)1-4(9,10)3(7)8/h2H,1H2. The van der Waals surface area contributed by atoms with Crippen LogP contribution in [0.1, 0.15) is 6.42 Å². The van der Waals surface area contributed by atoms with Gasteiger partial charge in [0.15, 0.2) is 0 Å². The van der Waals surface area contributed by atoms with Crippen molar-refractivity contribution in [3.63, 3.8) is 0 Å². The molecule has 0 rings (SSSR count). The van der Waals surface area contributed by atoms with Gasteiger partial charge in [-0.1, -0.05) is 0 Å². The van der Waals surface area contributed by atoms with Gasteiger partial charge in [-0.3, -0.25) is 0 Å². The molecule has 0 saturated heterocycles. The van der Waals surface area contributed by atoms with Crippen LogP contribution in [-0.4, -0.2) is 18.3 Å². The van der Waals surface area contributed by atoms with Gasteiger partial charge in [0, 0.05) is 0 Å². The molecule has 0 aromatic carbocycles. The summed E-state index contributed by atoms with van der Waals surface area (Å²) in [4.78, 5) is 0. The van der Waals surface area contributed by atoms with E-state index in [0.717, 1.165) is 0 Å². The van der Waals surface area contributed by atoms with Gasteiger partial charge < -0.3 is 0 Å². The predicted molar refractivity (Wildman–Crippen MR) is 26.0 cm³/mol. The van der Waals surface area contributed by atoms with Gasteiger partial charge in [0.1, 0.15) is 0 Å². The highest BCUT2D eigenvalue weighted by atomic mass is 19.4. The largest absolute Gasteiger partial charge is 0.419 e. The van der Waals surface area contributed by atoms with Crippen molar-refractivity contribution < 1.29 is 35.1 Å². The highest BCUT2D eigenvalue weighted by Crippen LogP contribution is 2.38. The van der Waals surface area contributed by atoms with Gasteiger partial charge in [0.2, 0.25) is 6.17 Å². The molecule has 1 radical (unpaired) electrons. The van der Waals surface area contributed by atoms with Crippen molar-refractivity contribution in [3.8, 4) is 0 Å². The van der Waals surface area contributed by atoms with E-state index in [0.29, 0.717) is 0 Å². The van der Waals surface area contributed by atoms with Crippen molar-refractivity contribution in [2.75, 3.05) is 0 Å². The molecule has 0 fully saturated rings. The second-order valence-electron chi connectivity index (χ2n) is 2.18. The smallest absolute Gasteiger partial charge is 0.237 e. The summed E-state index contributed by atoms with van der Waals surface area (Å²) in [5.41, 5.74) is 0. The highest BCUT2D eigenvalue weighted by molar-refractivity contribution is 4.87. The second kappa shape index (κ2) is 3.67. The van der Waals surface area contributed by atoms with Crippen LogP contribution in [0.25, 0.3) is 0 Å². The molecule has 13 heavy (non-hydrogen) atoms. The molecule has 0 aromatic rings. The van der Waals surface area contributed by atoms with Crippen molar-refractivity contribution in [3.05, 3.63) is 6.43 Å². The van der Waals surface area contributed by atoms with Crippen LogP contribution in [-0.2, 0) is 0 Å². The second-order valence-corrected chi connectivity index (χ2v) is 2.18. The third-order valence-corrected chi connectivity index (χ3v) is 1.07. The van der Waals surface area contributed by atoms with Crippen LogP contribution in [0.4, 0.5) is 35.1 Å². The average Bonchev–Trinajstić information content (AvgIpc) is 1.83. The van der Waals surface area contributed by atoms with Crippen molar-refractivity contribution >= 4 is 0 Å². The zero-order valence-corrected chi connectivity index (χ0v) is 5.81.